The molecule has 56 heavy (non-hydrogen) atoms. The molecule has 3 aromatic carbocycles. The van der Waals surface area contributed by atoms with Gasteiger partial charge in [0, 0.05) is 60.6 Å². The molecule has 0 aromatic heterocycles. The van der Waals surface area contributed by atoms with Gasteiger partial charge in [-0.2, -0.15) is 0 Å². The molecule has 0 radical (unpaired) electrons. The monoisotopic (exact) mass is 783 g/mol. The highest BCUT2D eigenvalue weighted by Gasteiger charge is 2.48. The summed E-state index contributed by atoms with van der Waals surface area (Å²) in [5, 5.41) is 14.5. The van der Waals surface area contributed by atoms with Crippen molar-refractivity contribution in [1.82, 2.24) is 10.2 Å². The minimum Gasteiger partial charge on any atom is -0.486 e. The maximum Gasteiger partial charge on any atom is 0.412 e. The lowest BCUT2D eigenvalue weighted by Gasteiger charge is -2.36. The summed E-state index contributed by atoms with van der Waals surface area (Å²) in [5.74, 6) is 1.80. The first kappa shape index (κ1) is 39.3. The molecular weight excluding hydrogens is 735 g/mol. The molecule has 0 aliphatic carbocycles. The smallest absolute Gasteiger partial charge is 0.412 e. The van der Waals surface area contributed by atoms with Gasteiger partial charge in [-0.15, -0.1) is 0 Å². The van der Waals surface area contributed by atoms with Gasteiger partial charge in [0.1, 0.15) is 62.7 Å². The Hall–Kier alpha value is -4.89. The number of carbonyl (C=O) groups is 1. The van der Waals surface area contributed by atoms with Crippen LogP contribution >= 0.6 is 0 Å². The second-order valence-corrected chi connectivity index (χ2v) is 15.1. The van der Waals surface area contributed by atoms with E-state index in [0.29, 0.717) is 75.6 Å². The molecule has 2 fully saturated rings. The van der Waals surface area contributed by atoms with Crippen molar-refractivity contribution in [2.24, 2.45) is 4.99 Å². The number of amides is 1. The molecule has 302 valence electrons. The Morgan fingerprint density at radius 2 is 1.39 bits per heavy atom. The number of ether oxygens (including phenoxy) is 7. The molecule has 1 amide bonds. The van der Waals surface area contributed by atoms with Gasteiger partial charge in [-0.25, -0.2) is 18.0 Å². The van der Waals surface area contributed by atoms with E-state index in [1.807, 2.05) is 0 Å². The highest BCUT2D eigenvalue weighted by molar-refractivity contribution is 6.04. The summed E-state index contributed by atoms with van der Waals surface area (Å²) in [7, 11) is 0. The lowest BCUT2D eigenvalue weighted by atomic mass is 9.98. The number of likely N-dealkylation sites (tertiary alicyclic amines) is 1. The van der Waals surface area contributed by atoms with Crippen LogP contribution in [-0.4, -0.2) is 86.7 Å². The Labute approximate surface area is 323 Å². The summed E-state index contributed by atoms with van der Waals surface area (Å²) < 4.78 is 79.2. The minimum absolute atomic E-state index is 0.195. The fraction of sp³-hybridized carbons (Fsp3) is 0.512. The van der Waals surface area contributed by atoms with E-state index in [1.54, 1.807) is 26.8 Å². The van der Waals surface area contributed by atoms with Crippen molar-refractivity contribution < 1.29 is 56.2 Å². The number of halogens is 3. The lowest BCUT2D eigenvalue weighted by Crippen LogP contribution is -2.47. The molecule has 0 spiro atoms. The first-order chi connectivity index (χ1) is 26.9. The normalized spacial score (nSPS) is 21.9. The first-order valence-corrected chi connectivity index (χ1v) is 19.2. The number of rotatable bonds is 3. The average molecular weight is 784 g/mol. The molecule has 2 atom stereocenters. The number of aliphatic imine (C=N–C) groups is 1. The molecule has 0 saturated carbocycles. The van der Waals surface area contributed by atoms with Gasteiger partial charge in [-0.3, -0.25) is 9.89 Å². The molecule has 0 bridgehead atoms. The molecule has 6 aliphatic heterocycles. The minimum atomic E-state index is -1.69. The van der Waals surface area contributed by atoms with Crippen LogP contribution in [0.5, 0.6) is 34.5 Å². The highest BCUT2D eigenvalue weighted by Crippen LogP contribution is 2.47. The van der Waals surface area contributed by atoms with Gasteiger partial charge in [0.05, 0.1) is 5.56 Å². The highest BCUT2D eigenvalue weighted by atomic mass is 19.1. The third-order valence-electron chi connectivity index (χ3n) is 9.87. The molecule has 2 N–H and O–H groups in total. The molecule has 3 aromatic rings. The third kappa shape index (κ3) is 8.73. The van der Waals surface area contributed by atoms with Crippen molar-refractivity contribution in [2.75, 3.05) is 59.3 Å². The van der Waals surface area contributed by atoms with Gasteiger partial charge in [-0.05, 0) is 77.6 Å². The zero-order valence-electron chi connectivity index (χ0n) is 31.9. The van der Waals surface area contributed by atoms with E-state index in [4.69, 9.17) is 33.2 Å². The van der Waals surface area contributed by atoms with E-state index in [2.05, 4.69) is 10.3 Å². The van der Waals surface area contributed by atoms with Crippen LogP contribution in [0.25, 0.3) is 0 Å². The van der Waals surface area contributed by atoms with Crippen molar-refractivity contribution in [3.05, 3.63) is 70.5 Å². The number of aliphatic hydroxyl groups is 1. The van der Waals surface area contributed by atoms with Crippen molar-refractivity contribution >= 4 is 11.8 Å². The van der Waals surface area contributed by atoms with Crippen molar-refractivity contribution in [3.8, 4) is 34.5 Å². The van der Waals surface area contributed by atoms with Crippen molar-refractivity contribution in [1.29, 1.82) is 0 Å². The van der Waals surface area contributed by atoms with Crippen LogP contribution in [0.4, 0.5) is 18.0 Å². The van der Waals surface area contributed by atoms with E-state index >= 15 is 0 Å². The maximum absolute atomic E-state index is 14.0. The standard InChI is InChI=1S/C17H22FNO5.C12H14FNO2.C12H12FNO2/c1-16(2,3)24-15(20)19-6-4-5-17(19,21)12-9-11(18)10-13-14(12)23-8-7-22-13;2*13-8-6-9(10-2-1-3-14-10)12-11(7-8)15-4-5-16-12/h9-10,21H,4-8H2,1-3H3;6-7,10,14H,1-5H2;6-7H,1-5H2. The molecule has 9 rings (SSSR count). The summed E-state index contributed by atoms with van der Waals surface area (Å²) in [6, 6.07) is 8.41. The fourth-order valence-corrected chi connectivity index (χ4v) is 7.51. The molecule has 2 unspecified atom stereocenters. The Bertz CT molecular complexity index is 1950. The van der Waals surface area contributed by atoms with Crippen molar-refractivity contribution in [2.45, 2.75) is 76.7 Å². The van der Waals surface area contributed by atoms with Gasteiger partial charge in [0.2, 0.25) is 0 Å². The molecule has 12 nitrogen and oxygen atoms in total. The number of hydrogen-bond donors (Lipinski definition) is 2. The van der Waals surface area contributed by atoms with E-state index in [9.17, 15) is 23.1 Å². The summed E-state index contributed by atoms with van der Waals surface area (Å²) in [5.41, 5.74) is 0.401. The van der Waals surface area contributed by atoms with E-state index < -0.39 is 23.2 Å². The molecule has 6 heterocycles. The van der Waals surface area contributed by atoms with Gasteiger partial charge >= 0.3 is 6.09 Å². The van der Waals surface area contributed by atoms with Gasteiger partial charge < -0.3 is 43.6 Å². The number of nitrogens with one attached hydrogen (secondary N) is 1. The zero-order chi connectivity index (χ0) is 39.5. The molecule has 6 aliphatic rings. The summed E-state index contributed by atoms with van der Waals surface area (Å²) in [4.78, 5) is 18.1. The zero-order valence-corrected chi connectivity index (χ0v) is 31.9. The average Bonchev–Trinajstić information content (AvgIpc) is 3.98. The van der Waals surface area contributed by atoms with E-state index in [-0.39, 0.29) is 41.2 Å². The Balaban J connectivity index is 0.000000133. The van der Waals surface area contributed by atoms with Gasteiger partial charge in [0.25, 0.3) is 0 Å². The summed E-state index contributed by atoms with van der Waals surface area (Å²) in [6.45, 7) is 10.0. The van der Waals surface area contributed by atoms with Crippen LogP contribution in [0.3, 0.4) is 0 Å². The van der Waals surface area contributed by atoms with Crippen molar-refractivity contribution in [3.63, 3.8) is 0 Å². The number of hydrogen-bond acceptors (Lipinski definition) is 11. The summed E-state index contributed by atoms with van der Waals surface area (Å²) in [6.07, 6.45) is 4.27. The number of fused-ring (bicyclic) bond motifs is 3. The topological polar surface area (TPSA) is 130 Å². The maximum atomic E-state index is 14.0. The molecule has 15 heteroatoms. The quantitative estimate of drug-likeness (QED) is 0.287. The SMILES string of the molecule is CC(C)(C)OC(=O)N1CCCC1(O)c1cc(F)cc2c1OCCO2.Fc1cc2c(c(C3=NCCC3)c1)OCCO2.Fc1cc2c(c(C3CCCN3)c1)OCCO2. The lowest BCUT2D eigenvalue weighted by molar-refractivity contribution is -0.0912. The number of nitrogens with zero attached hydrogens (tertiary/aromatic N) is 2. The van der Waals surface area contributed by atoms with Crippen LogP contribution in [0.2, 0.25) is 0 Å². The Kier molecular flexibility index (Phi) is 11.7. The van der Waals surface area contributed by atoms with Crippen LogP contribution in [0.1, 0.15) is 82.0 Å². The third-order valence-corrected chi connectivity index (χ3v) is 9.87. The summed E-state index contributed by atoms with van der Waals surface area (Å²) >= 11 is 0. The van der Waals surface area contributed by atoms with Crippen LogP contribution in [-0.2, 0) is 10.5 Å². The second-order valence-electron chi connectivity index (χ2n) is 15.1. The van der Waals surface area contributed by atoms with Crippen LogP contribution in [0, 0.1) is 17.5 Å². The predicted molar refractivity (Wildman–Crippen MR) is 199 cm³/mol. The predicted octanol–water partition coefficient (Wildman–Crippen LogP) is 6.97. The Morgan fingerprint density at radius 3 is 2.02 bits per heavy atom. The largest absolute Gasteiger partial charge is 0.486 e. The first-order valence-electron chi connectivity index (χ1n) is 19.2. The molecule has 2 saturated heterocycles. The second kappa shape index (κ2) is 16.7. The number of carbonyl (C=O) groups excluding carboxylic acids is 1. The van der Waals surface area contributed by atoms with Gasteiger partial charge in [-0.1, -0.05) is 0 Å². The van der Waals surface area contributed by atoms with E-state index in [1.165, 1.54) is 35.2 Å². The van der Waals surface area contributed by atoms with E-state index in [0.717, 1.165) is 55.6 Å². The van der Waals surface area contributed by atoms with Crippen LogP contribution < -0.4 is 33.7 Å². The Morgan fingerprint density at radius 1 is 0.804 bits per heavy atom. The van der Waals surface area contributed by atoms with Gasteiger partial charge in [0.15, 0.2) is 40.2 Å². The van der Waals surface area contributed by atoms with Crippen LogP contribution in [0.15, 0.2) is 41.4 Å². The molecular formula is C41H48F3N3O9. The fourth-order valence-electron chi connectivity index (χ4n) is 7.51. The number of benzene rings is 3.